The molecule has 3 atom stereocenters. The van der Waals surface area contributed by atoms with E-state index in [0.29, 0.717) is 11.5 Å². The smallest absolute Gasteiger partial charge is 0.338 e. The molecule has 1 fully saturated rings. The summed E-state index contributed by atoms with van der Waals surface area (Å²) in [6.45, 7) is 3.77. The molecule has 1 aromatic heterocycles. The lowest BCUT2D eigenvalue weighted by Gasteiger charge is -2.30. The van der Waals surface area contributed by atoms with Crippen molar-refractivity contribution >= 4 is 33.4 Å². The van der Waals surface area contributed by atoms with Gasteiger partial charge in [0.1, 0.15) is 0 Å². The monoisotopic (exact) mass is 346 g/mol. The number of hydrogen-bond acceptors (Lipinski definition) is 5. The zero-order valence-electron chi connectivity index (χ0n) is 14.0. The molecular formula is C18H22N2O3S. The third-order valence-electron chi connectivity index (χ3n) is 4.66. The minimum absolute atomic E-state index is 0.181. The van der Waals surface area contributed by atoms with Crippen LogP contribution in [0.25, 0.3) is 10.2 Å². The Hall–Kier alpha value is -1.95. The molecule has 1 N–H and O–H groups in total. The lowest BCUT2D eigenvalue weighted by Crippen LogP contribution is -2.45. The van der Waals surface area contributed by atoms with E-state index in [1.807, 2.05) is 0 Å². The number of amides is 1. The van der Waals surface area contributed by atoms with Gasteiger partial charge in [0.25, 0.3) is 5.91 Å². The summed E-state index contributed by atoms with van der Waals surface area (Å²) in [4.78, 5) is 28.7. The first-order valence-corrected chi connectivity index (χ1v) is 9.27. The molecule has 5 nitrogen and oxygen atoms in total. The first-order valence-electron chi connectivity index (χ1n) is 8.39. The van der Waals surface area contributed by atoms with Crippen molar-refractivity contribution in [3.63, 3.8) is 0 Å². The Labute approximate surface area is 145 Å². The van der Waals surface area contributed by atoms with E-state index in [1.54, 1.807) is 30.6 Å². The van der Waals surface area contributed by atoms with Crippen LogP contribution in [0.15, 0.2) is 23.7 Å². The summed E-state index contributed by atoms with van der Waals surface area (Å²) in [6.07, 6.45) is 3.68. The highest BCUT2D eigenvalue weighted by atomic mass is 32.1. The lowest BCUT2D eigenvalue weighted by molar-refractivity contribution is -0.130. The molecule has 24 heavy (non-hydrogen) atoms. The van der Waals surface area contributed by atoms with Crippen LogP contribution < -0.4 is 5.32 Å². The number of nitrogens with one attached hydrogen (secondary N) is 1. The first-order chi connectivity index (χ1) is 11.5. The number of nitrogens with zero attached hydrogens (tertiary/aromatic N) is 1. The van der Waals surface area contributed by atoms with Crippen LogP contribution in [0, 0.1) is 5.92 Å². The Kier molecular flexibility index (Phi) is 5.14. The normalized spacial score (nSPS) is 22.1. The van der Waals surface area contributed by atoms with Crippen LogP contribution in [0.5, 0.6) is 0 Å². The molecule has 0 saturated heterocycles. The van der Waals surface area contributed by atoms with Crippen molar-refractivity contribution in [2.45, 2.75) is 51.7 Å². The number of aromatic nitrogens is 1. The van der Waals surface area contributed by atoms with Crippen LogP contribution in [0.3, 0.4) is 0 Å². The summed E-state index contributed by atoms with van der Waals surface area (Å²) in [5.74, 6) is -0.232. The highest BCUT2D eigenvalue weighted by Gasteiger charge is 2.26. The van der Waals surface area contributed by atoms with E-state index in [9.17, 15) is 9.59 Å². The molecule has 0 unspecified atom stereocenters. The molecule has 1 saturated carbocycles. The first kappa shape index (κ1) is 16.9. The second kappa shape index (κ2) is 7.30. The maximum Gasteiger partial charge on any atom is 0.338 e. The predicted octanol–water partition coefficient (Wildman–Crippen LogP) is 3.54. The Bertz CT molecular complexity index is 743. The van der Waals surface area contributed by atoms with Gasteiger partial charge < -0.3 is 10.1 Å². The number of fused-ring (bicyclic) bond motifs is 1. The fourth-order valence-electron chi connectivity index (χ4n) is 3.09. The van der Waals surface area contributed by atoms with E-state index in [2.05, 4.69) is 17.2 Å². The maximum absolute atomic E-state index is 12.3. The van der Waals surface area contributed by atoms with Crippen LogP contribution in [-0.2, 0) is 9.53 Å². The topological polar surface area (TPSA) is 68.3 Å². The molecule has 1 amide bonds. The Morgan fingerprint density at radius 1 is 1.33 bits per heavy atom. The Morgan fingerprint density at radius 3 is 2.92 bits per heavy atom. The van der Waals surface area contributed by atoms with Gasteiger partial charge in [-0.15, -0.1) is 11.3 Å². The van der Waals surface area contributed by atoms with Gasteiger partial charge in [0.15, 0.2) is 6.10 Å². The second-order valence-corrected chi connectivity index (χ2v) is 7.35. The molecule has 0 bridgehead atoms. The molecule has 0 radical (unpaired) electrons. The molecule has 2 aromatic rings. The van der Waals surface area contributed by atoms with Crippen molar-refractivity contribution in [3.8, 4) is 0 Å². The van der Waals surface area contributed by atoms with Crippen molar-refractivity contribution in [1.29, 1.82) is 0 Å². The predicted molar refractivity (Wildman–Crippen MR) is 94.1 cm³/mol. The summed E-state index contributed by atoms with van der Waals surface area (Å²) in [5, 5.41) is 3.03. The van der Waals surface area contributed by atoms with E-state index in [-0.39, 0.29) is 11.9 Å². The van der Waals surface area contributed by atoms with Crippen molar-refractivity contribution < 1.29 is 14.3 Å². The molecule has 6 heteroatoms. The Morgan fingerprint density at radius 2 is 2.12 bits per heavy atom. The standard InChI is InChI=1S/C18H22N2O3S/c1-11-5-3-4-6-14(11)20-17(21)12(2)23-18(22)13-7-8-15-16(9-13)24-10-19-15/h7-12,14H,3-6H2,1-2H3,(H,20,21)/t11-,12-,14+/m1/s1. The van der Waals surface area contributed by atoms with Crippen molar-refractivity contribution in [2.75, 3.05) is 0 Å². The zero-order chi connectivity index (χ0) is 17.1. The molecule has 128 valence electrons. The summed E-state index contributed by atoms with van der Waals surface area (Å²) >= 11 is 1.47. The molecular weight excluding hydrogens is 324 g/mol. The number of hydrogen-bond donors (Lipinski definition) is 1. The van der Waals surface area contributed by atoms with Crippen molar-refractivity contribution in [3.05, 3.63) is 29.3 Å². The number of esters is 1. The molecule has 0 aliphatic heterocycles. The van der Waals surface area contributed by atoms with E-state index in [1.165, 1.54) is 17.8 Å². The van der Waals surface area contributed by atoms with Crippen LogP contribution in [0.1, 0.15) is 49.9 Å². The summed E-state index contributed by atoms with van der Waals surface area (Å²) in [7, 11) is 0. The highest BCUT2D eigenvalue weighted by molar-refractivity contribution is 7.16. The fraction of sp³-hybridized carbons (Fsp3) is 0.500. The van der Waals surface area contributed by atoms with E-state index in [4.69, 9.17) is 4.74 Å². The van der Waals surface area contributed by atoms with Gasteiger partial charge in [-0.05, 0) is 43.9 Å². The molecule has 0 spiro atoms. The zero-order valence-corrected chi connectivity index (χ0v) is 14.8. The van der Waals surface area contributed by atoms with Gasteiger partial charge >= 0.3 is 5.97 Å². The van der Waals surface area contributed by atoms with Crippen molar-refractivity contribution in [2.24, 2.45) is 5.92 Å². The largest absolute Gasteiger partial charge is 0.449 e. The third-order valence-corrected chi connectivity index (χ3v) is 5.45. The number of carbonyl (C=O) groups is 2. The van der Waals surface area contributed by atoms with Crippen LogP contribution in [0.4, 0.5) is 0 Å². The van der Waals surface area contributed by atoms with Crippen molar-refractivity contribution in [1.82, 2.24) is 10.3 Å². The average molecular weight is 346 g/mol. The fourth-order valence-corrected chi connectivity index (χ4v) is 3.81. The van der Waals surface area contributed by atoms with Gasteiger partial charge in [-0.25, -0.2) is 9.78 Å². The minimum atomic E-state index is -0.802. The number of benzene rings is 1. The third kappa shape index (κ3) is 3.75. The van der Waals surface area contributed by atoms with E-state index in [0.717, 1.165) is 29.5 Å². The van der Waals surface area contributed by atoms with Crippen LogP contribution in [0.2, 0.25) is 0 Å². The van der Waals surface area contributed by atoms with Gasteiger partial charge in [-0.2, -0.15) is 0 Å². The second-order valence-electron chi connectivity index (χ2n) is 6.46. The minimum Gasteiger partial charge on any atom is -0.449 e. The number of carbonyl (C=O) groups excluding carboxylic acids is 2. The maximum atomic E-state index is 12.3. The summed E-state index contributed by atoms with van der Waals surface area (Å²) < 4.78 is 6.26. The highest BCUT2D eigenvalue weighted by Crippen LogP contribution is 2.24. The number of rotatable bonds is 4. The molecule has 1 aliphatic rings. The number of thiazole rings is 1. The molecule has 1 aromatic carbocycles. The van der Waals surface area contributed by atoms with Gasteiger partial charge in [0.2, 0.25) is 0 Å². The van der Waals surface area contributed by atoms with Gasteiger partial charge in [0, 0.05) is 6.04 Å². The van der Waals surface area contributed by atoms with Crippen LogP contribution in [-0.4, -0.2) is 29.0 Å². The van der Waals surface area contributed by atoms with Gasteiger partial charge in [-0.3, -0.25) is 4.79 Å². The molecule has 1 aliphatic carbocycles. The average Bonchev–Trinajstić information content (AvgIpc) is 3.04. The Balaban J connectivity index is 1.59. The molecule has 1 heterocycles. The molecule has 3 rings (SSSR count). The summed E-state index contributed by atoms with van der Waals surface area (Å²) in [5.41, 5.74) is 3.03. The van der Waals surface area contributed by atoms with Gasteiger partial charge in [-0.1, -0.05) is 19.8 Å². The van der Waals surface area contributed by atoms with Gasteiger partial charge in [0.05, 0.1) is 21.3 Å². The van der Waals surface area contributed by atoms with E-state index < -0.39 is 12.1 Å². The SMILES string of the molecule is C[C@@H]1CCCC[C@@H]1NC(=O)[C@@H](C)OC(=O)c1ccc2ncsc2c1. The lowest BCUT2D eigenvalue weighted by atomic mass is 9.86. The number of ether oxygens (including phenoxy) is 1. The van der Waals surface area contributed by atoms with E-state index >= 15 is 0 Å². The van der Waals surface area contributed by atoms with Crippen LogP contribution >= 0.6 is 11.3 Å². The summed E-state index contributed by atoms with van der Waals surface area (Å²) in [6, 6.07) is 5.40. The quantitative estimate of drug-likeness (QED) is 0.860.